The smallest absolute Gasteiger partial charge is 0.220 e. The minimum Gasteiger partial charge on any atom is -0.394 e. The van der Waals surface area contributed by atoms with E-state index in [4.69, 9.17) is 56.8 Å². The molecule has 6 rings (SSSR count). The second-order valence-corrected chi connectivity index (χ2v) is 32.4. The Bertz CT molecular complexity index is 2740. The maximum absolute atomic E-state index is 13.6. The van der Waals surface area contributed by atoms with Crippen molar-refractivity contribution >= 4 is 17.7 Å². The Labute approximate surface area is 689 Å². The van der Waals surface area contributed by atoms with Gasteiger partial charge in [0.2, 0.25) is 17.7 Å². The van der Waals surface area contributed by atoms with E-state index in [-0.39, 0.29) is 12.3 Å². The molecule has 0 aromatic rings. The summed E-state index contributed by atoms with van der Waals surface area (Å²) in [5.41, 5.74) is 0. The van der Waals surface area contributed by atoms with Crippen LogP contribution < -0.4 is 16.0 Å². The summed E-state index contributed by atoms with van der Waals surface area (Å²) in [5, 5.41) is 199. The van der Waals surface area contributed by atoms with Gasteiger partial charge in [0.25, 0.3) is 0 Å². The predicted octanol–water partition coefficient (Wildman–Crippen LogP) is 0.720. The van der Waals surface area contributed by atoms with Gasteiger partial charge in [-0.2, -0.15) is 0 Å². The first-order chi connectivity index (χ1) is 56.3. The minimum atomic E-state index is -2.22. The van der Waals surface area contributed by atoms with Crippen LogP contribution >= 0.6 is 0 Å². The van der Waals surface area contributed by atoms with Crippen molar-refractivity contribution in [2.24, 2.45) is 0 Å². The Kier molecular flexibility index (Phi) is 48.9. The molecule has 0 aromatic heterocycles. The van der Waals surface area contributed by atoms with Crippen molar-refractivity contribution in [3.63, 3.8) is 0 Å². The van der Waals surface area contributed by atoms with Crippen LogP contribution in [0.2, 0.25) is 0 Å². The van der Waals surface area contributed by atoms with Crippen LogP contribution in [0.15, 0.2) is 24.3 Å². The van der Waals surface area contributed by atoms with Crippen LogP contribution in [0.5, 0.6) is 0 Å². The molecular weight excluding hydrogens is 1540 g/mol. The molecule has 3 amide bonds. The number of carbonyl (C=O) groups is 3. The van der Waals surface area contributed by atoms with E-state index in [2.05, 4.69) is 41.9 Å². The average molecular weight is 1690 g/mol. The summed E-state index contributed by atoms with van der Waals surface area (Å²) < 4.78 is 72.4. The Hall–Kier alpha value is -3.27. The summed E-state index contributed by atoms with van der Waals surface area (Å²) in [7, 11) is 0. The van der Waals surface area contributed by atoms with Crippen molar-refractivity contribution < 1.29 is 158 Å². The van der Waals surface area contributed by atoms with E-state index in [1.807, 2.05) is 6.08 Å². The van der Waals surface area contributed by atoms with E-state index in [1.165, 1.54) is 135 Å². The first-order valence-electron chi connectivity index (χ1n) is 43.5. The highest BCUT2D eigenvalue weighted by Crippen LogP contribution is 2.39. The minimum absolute atomic E-state index is 0.170. The molecule has 20 N–H and O–H groups in total. The van der Waals surface area contributed by atoms with Crippen molar-refractivity contribution in [1.82, 2.24) is 16.0 Å². The second kappa shape index (κ2) is 55.9. The molecule has 0 spiro atoms. The zero-order valence-electron chi connectivity index (χ0n) is 69.4. The summed E-state index contributed by atoms with van der Waals surface area (Å²) in [6.07, 6.45) is -11.0. The van der Waals surface area contributed by atoms with Gasteiger partial charge in [0.15, 0.2) is 37.7 Å². The van der Waals surface area contributed by atoms with Crippen molar-refractivity contribution in [1.29, 1.82) is 0 Å². The molecule has 35 nitrogen and oxygen atoms in total. The highest BCUT2D eigenvalue weighted by molar-refractivity contribution is 5.76. The van der Waals surface area contributed by atoms with Crippen LogP contribution in [0.25, 0.3) is 0 Å². The molecule has 6 saturated heterocycles. The van der Waals surface area contributed by atoms with Gasteiger partial charge in [0.05, 0.1) is 57.9 Å². The van der Waals surface area contributed by atoms with Crippen LogP contribution in [0.4, 0.5) is 0 Å². The highest BCUT2D eigenvalue weighted by Gasteiger charge is 2.59. The molecule has 117 heavy (non-hydrogen) atoms. The predicted molar refractivity (Wildman–Crippen MR) is 420 cm³/mol. The van der Waals surface area contributed by atoms with E-state index in [0.717, 1.165) is 71.6 Å². The Balaban J connectivity index is 1.10. The van der Waals surface area contributed by atoms with Crippen LogP contribution in [-0.4, -0.2) is 340 Å². The van der Waals surface area contributed by atoms with Gasteiger partial charge in [-0.25, -0.2) is 0 Å². The molecule has 35 heteroatoms. The number of aliphatic hydroxyl groups is 17. The number of hydrogen-bond acceptors (Lipinski definition) is 32. The molecule has 32 atom stereocenters. The van der Waals surface area contributed by atoms with Gasteiger partial charge >= 0.3 is 0 Å². The number of rotatable bonds is 56. The summed E-state index contributed by atoms with van der Waals surface area (Å²) in [6.45, 7) is 2.29. The van der Waals surface area contributed by atoms with Crippen LogP contribution in [0.3, 0.4) is 0 Å². The molecule has 6 heterocycles. The van der Waals surface area contributed by atoms with Crippen LogP contribution in [0.1, 0.15) is 240 Å². The number of nitrogens with one attached hydrogen (secondary N) is 3. The lowest BCUT2D eigenvalue weighted by Gasteiger charge is -2.51. The van der Waals surface area contributed by atoms with Gasteiger partial charge in [-0.1, -0.05) is 192 Å². The SMILES string of the molecule is CCCCCCCC/C=C\CCCCCCCCCCCCCC(=O)N[C@@H](CO[C@@H]1OC(CO)[C@@H](O[C@@H]2OC(CO)[C@H](O)[C@H](O[C@@H]3OC(CO)[C@@H](O[C@@H]4OC(CO)[C@H](O)[C@H](O[C@@H]5OC(CO)[C@H](O)[C@H](O)C5NC(C)=O)C4O[C@H]4OC(C)[C@@H](O)C(O)[C@@H]4O)[C@H](O)C3NC(C)=O)C2O)[C@H](O)C1O)[C@H](O)/C=C/CCCCCCCCCCCCC. The normalized spacial score (nSPS) is 36.2. The molecule has 682 valence electrons. The number of allylic oxidation sites excluding steroid dienone is 3. The van der Waals surface area contributed by atoms with Gasteiger partial charge in [-0.3, -0.25) is 14.4 Å². The molecular formula is C82H147N3O32. The quantitative estimate of drug-likeness (QED) is 0.0295. The molecule has 0 saturated carbocycles. The third-order valence-corrected chi connectivity index (χ3v) is 22.9. The third-order valence-electron chi connectivity index (χ3n) is 22.9. The zero-order valence-corrected chi connectivity index (χ0v) is 69.4. The fourth-order valence-corrected chi connectivity index (χ4v) is 15.8. The monoisotopic (exact) mass is 1690 g/mol. The lowest BCUT2D eigenvalue weighted by Crippen LogP contribution is -2.71. The fourth-order valence-electron chi connectivity index (χ4n) is 15.8. The van der Waals surface area contributed by atoms with Gasteiger partial charge < -0.3 is 160 Å². The summed E-state index contributed by atoms with van der Waals surface area (Å²) in [5.74, 6) is -2.02. The van der Waals surface area contributed by atoms with E-state index < -0.39 is 248 Å². The van der Waals surface area contributed by atoms with Crippen molar-refractivity contribution in [2.45, 2.75) is 436 Å². The van der Waals surface area contributed by atoms with Gasteiger partial charge in [-0.15, -0.1) is 0 Å². The van der Waals surface area contributed by atoms with Crippen molar-refractivity contribution in [3.8, 4) is 0 Å². The van der Waals surface area contributed by atoms with Crippen molar-refractivity contribution in [2.75, 3.05) is 39.6 Å². The Morgan fingerprint density at radius 3 is 1.21 bits per heavy atom. The van der Waals surface area contributed by atoms with Gasteiger partial charge in [0.1, 0.15) is 140 Å². The topological polar surface area (TPSA) is 542 Å². The van der Waals surface area contributed by atoms with E-state index in [9.17, 15) is 101 Å². The molecule has 6 aliphatic rings. The molecule has 12 unspecified atom stereocenters. The average Bonchev–Trinajstić information content (AvgIpc) is 0.764. The van der Waals surface area contributed by atoms with E-state index in [0.29, 0.717) is 12.8 Å². The molecule has 6 aliphatic heterocycles. The lowest BCUT2D eigenvalue weighted by molar-refractivity contribution is -0.402. The number of carbonyl (C=O) groups excluding carboxylic acids is 3. The third kappa shape index (κ3) is 32.7. The first-order valence-corrected chi connectivity index (χ1v) is 43.5. The summed E-state index contributed by atoms with van der Waals surface area (Å²) in [4.78, 5) is 39.2. The second-order valence-electron chi connectivity index (χ2n) is 32.4. The Morgan fingerprint density at radius 2 is 0.718 bits per heavy atom. The van der Waals surface area contributed by atoms with Gasteiger partial charge in [-0.05, 0) is 51.9 Å². The summed E-state index contributed by atoms with van der Waals surface area (Å²) in [6, 6.07) is -4.64. The maximum atomic E-state index is 13.6. The standard InChI is InChI=1S/C82H147N3O32/c1-6-8-10-12-14-16-18-20-21-22-23-24-25-26-27-29-31-33-35-37-39-41-58(94)85-51(52(93)40-38-36-34-32-30-28-19-17-15-13-11-9-7-2)47-106-79-70(104)68(102)73(57(46-90)112-79)113-81-71(105)74(63(97)54(43-87)109-81)115-78-60(84-50(5)92)66(100)72(56(45-89)111-78)114-82-76(117-80-69(103)67(101)61(95)48(3)107-80)75(64(98)55(44-88)110-82)116-77-59(83-49(4)91)65(99)62(96)53(42-86)108-77/h20-21,38,40,48,51-57,59-82,86-90,93,95-105H,6-19,22-37,39,41-47H2,1-5H3,(H,83,91)(H,84,92)(H,85,94)/b21-20-,40-38+/t48?,51-,52+,53?,54?,55?,56?,57?,59?,60?,61+,62-,63-,64-,65+,66+,67?,68+,69-,70?,71?,72+,73+,74-,75-,76?,77-,78-,79+,80+,81-,82-/m0/s1. The highest BCUT2D eigenvalue weighted by atomic mass is 16.8. The molecule has 6 fully saturated rings. The maximum Gasteiger partial charge on any atom is 0.220 e. The number of aliphatic hydroxyl groups excluding tert-OH is 17. The number of ether oxygens (including phenoxy) is 12. The van der Waals surface area contributed by atoms with Crippen LogP contribution in [0, 0.1) is 0 Å². The van der Waals surface area contributed by atoms with E-state index >= 15 is 0 Å². The molecule has 0 aliphatic carbocycles. The van der Waals surface area contributed by atoms with Gasteiger partial charge in [0, 0.05) is 20.3 Å². The molecule has 0 bridgehead atoms. The number of hydrogen-bond donors (Lipinski definition) is 20. The molecule has 0 aromatic carbocycles. The van der Waals surface area contributed by atoms with Crippen LogP contribution in [-0.2, 0) is 71.2 Å². The largest absolute Gasteiger partial charge is 0.394 e. The van der Waals surface area contributed by atoms with Crippen molar-refractivity contribution in [3.05, 3.63) is 24.3 Å². The van der Waals surface area contributed by atoms with E-state index in [1.54, 1.807) is 6.08 Å². The zero-order chi connectivity index (χ0) is 85.5. The number of amides is 3. The fraction of sp³-hybridized carbons (Fsp3) is 0.915. The lowest BCUT2D eigenvalue weighted by atomic mass is 9.93. The first kappa shape index (κ1) is 103. The summed E-state index contributed by atoms with van der Waals surface area (Å²) >= 11 is 0. The number of unbranched alkanes of at least 4 members (excludes halogenated alkanes) is 28. The molecule has 0 radical (unpaired) electrons. The Morgan fingerprint density at radius 1 is 0.350 bits per heavy atom.